The highest BCUT2D eigenvalue weighted by molar-refractivity contribution is 5.14. The number of aryl methyl sites for hydroxylation is 2. The van der Waals surface area contributed by atoms with Gasteiger partial charge in [0, 0.05) is 6.54 Å². The minimum atomic E-state index is 0.167. The van der Waals surface area contributed by atoms with Gasteiger partial charge in [0.1, 0.15) is 0 Å². The molecule has 0 bridgehead atoms. The lowest BCUT2D eigenvalue weighted by atomic mass is 10.1. The molecule has 17 heavy (non-hydrogen) atoms. The van der Waals surface area contributed by atoms with Gasteiger partial charge in [-0.25, -0.2) is 4.68 Å². The molecule has 0 saturated carbocycles. The van der Waals surface area contributed by atoms with Crippen molar-refractivity contribution in [3.63, 3.8) is 0 Å². The van der Waals surface area contributed by atoms with Gasteiger partial charge in [0.05, 0.1) is 6.04 Å². The van der Waals surface area contributed by atoms with Gasteiger partial charge in [0.15, 0.2) is 5.82 Å². The van der Waals surface area contributed by atoms with Crippen molar-refractivity contribution < 1.29 is 0 Å². The lowest BCUT2D eigenvalue weighted by Crippen LogP contribution is -2.19. The van der Waals surface area contributed by atoms with Crippen molar-refractivity contribution in [2.24, 2.45) is 0 Å². The van der Waals surface area contributed by atoms with Crippen molar-refractivity contribution in [2.75, 3.05) is 7.05 Å². The summed E-state index contributed by atoms with van der Waals surface area (Å²) in [6, 6.07) is 10.5. The molecule has 0 fully saturated rings. The van der Waals surface area contributed by atoms with Gasteiger partial charge in [-0.1, -0.05) is 30.3 Å². The second-order valence-electron chi connectivity index (χ2n) is 4.01. The molecular weight excluding hydrogens is 214 g/mol. The van der Waals surface area contributed by atoms with Gasteiger partial charge in [-0.3, -0.25) is 0 Å². The third-order valence-corrected chi connectivity index (χ3v) is 2.84. The Labute approximate surface area is 101 Å². The number of hydrogen-bond acceptors (Lipinski definition) is 4. The molecule has 0 aliphatic carbocycles. The summed E-state index contributed by atoms with van der Waals surface area (Å²) in [6.07, 6.45) is 0.940. The Balaban J connectivity index is 2.02. The first kappa shape index (κ1) is 11.7. The van der Waals surface area contributed by atoms with Gasteiger partial charge >= 0.3 is 0 Å². The first-order valence-electron chi connectivity index (χ1n) is 5.78. The SMILES string of the molecule is CNC(C)c1nnnn1CCc1ccccc1. The number of nitrogens with zero attached hydrogens (tertiary/aromatic N) is 4. The second-order valence-corrected chi connectivity index (χ2v) is 4.01. The van der Waals surface area contributed by atoms with E-state index in [4.69, 9.17) is 0 Å². The van der Waals surface area contributed by atoms with Crippen molar-refractivity contribution in [2.45, 2.75) is 25.9 Å². The Kier molecular flexibility index (Phi) is 3.82. The maximum absolute atomic E-state index is 4.04. The standard InChI is InChI=1S/C12H17N5/c1-10(13-2)12-14-15-16-17(12)9-8-11-6-4-3-5-7-11/h3-7,10,13H,8-9H2,1-2H3. The predicted molar refractivity (Wildman–Crippen MR) is 65.4 cm³/mol. The second kappa shape index (κ2) is 5.54. The van der Waals surface area contributed by atoms with Crippen LogP contribution in [0.5, 0.6) is 0 Å². The molecule has 0 saturated heterocycles. The zero-order chi connectivity index (χ0) is 12.1. The fourth-order valence-electron chi connectivity index (χ4n) is 1.69. The van der Waals surface area contributed by atoms with Gasteiger partial charge in [-0.05, 0) is 36.4 Å². The molecule has 1 aromatic carbocycles. The van der Waals surface area contributed by atoms with Gasteiger partial charge < -0.3 is 5.32 Å². The maximum Gasteiger partial charge on any atom is 0.167 e. The van der Waals surface area contributed by atoms with E-state index in [1.807, 2.05) is 36.9 Å². The van der Waals surface area contributed by atoms with Crippen LogP contribution in [-0.4, -0.2) is 27.3 Å². The van der Waals surface area contributed by atoms with Crippen molar-refractivity contribution in [1.82, 2.24) is 25.5 Å². The van der Waals surface area contributed by atoms with E-state index in [0.29, 0.717) is 0 Å². The summed E-state index contributed by atoms with van der Waals surface area (Å²) in [7, 11) is 1.90. The molecule has 0 amide bonds. The third-order valence-electron chi connectivity index (χ3n) is 2.84. The van der Waals surface area contributed by atoms with E-state index >= 15 is 0 Å². The molecule has 1 unspecified atom stereocenters. The van der Waals surface area contributed by atoms with E-state index < -0.39 is 0 Å². The zero-order valence-electron chi connectivity index (χ0n) is 10.2. The van der Waals surface area contributed by atoms with Crippen LogP contribution in [0.1, 0.15) is 24.4 Å². The number of rotatable bonds is 5. The van der Waals surface area contributed by atoms with Crippen LogP contribution >= 0.6 is 0 Å². The van der Waals surface area contributed by atoms with E-state index in [1.54, 1.807) is 0 Å². The predicted octanol–water partition coefficient (Wildman–Crippen LogP) is 1.20. The molecule has 1 atom stereocenters. The lowest BCUT2D eigenvalue weighted by Gasteiger charge is -2.10. The van der Waals surface area contributed by atoms with Gasteiger partial charge in [0.2, 0.25) is 0 Å². The molecule has 0 spiro atoms. The average Bonchev–Trinajstić information content (AvgIpc) is 2.85. The Bertz CT molecular complexity index is 451. The molecule has 2 rings (SSSR count). The molecular formula is C12H17N5. The summed E-state index contributed by atoms with van der Waals surface area (Å²) in [5.74, 6) is 0.878. The third kappa shape index (κ3) is 2.88. The van der Waals surface area contributed by atoms with Crippen molar-refractivity contribution in [1.29, 1.82) is 0 Å². The van der Waals surface area contributed by atoms with Gasteiger partial charge in [-0.2, -0.15) is 0 Å². The topological polar surface area (TPSA) is 55.6 Å². The highest BCUT2D eigenvalue weighted by atomic mass is 15.5. The fourth-order valence-corrected chi connectivity index (χ4v) is 1.69. The molecule has 2 aromatic rings. The summed E-state index contributed by atoms with van der Waals surface area (Å²) in [5, 5.41) is 14.9. The minimum absolute atomic E-state index is 0.167. The number of tetrazole rings is 1. The summed E-state index contributed by atoms with van der Waals surface area (Å²) in [5.41, 5.74) is 1.30. The molecule has 5 heteroatoms. The molecule has 1 heterocycles. The lowest BCUT2D eigenvalue weighted by molar-refractivity contribution is 0.512. The average molecular weight is 231 g/mol. The Hall–Kier alpha value is -1.75. The monoisotopic (exact) mass is 231 g/mol. The van der Waals surface area contributed by atoms with E-state index in [0.717, 1.165) is 18.8 Å². The first-order chi connectivity index (χ1) is 8.31. The van der Waals surface area contributed by atoms with E-state index in [2.05, 4.69) is 33.0 Å². The molecule has 0 aliphatic heterocycles. The largest absolute Gasteiger partial charge is 0.311 e. The molecule has 1 aromatic heterocycles. The van der Waals surface area contributed by atoms with Crippen LogP contribution in [0.2, 0.25) is 0 Å². The summed E-state index contributed by atoms with van der Waals surface area (Å²) < 4.78 is 1.86. The fraction of sp³-hybridized carbons (Fsp3) is 0.417. The van der Waals surface area contributed by atoms with Gasteiger partial charge in [-0.15, -0.1) is 5.10 Å². The first-order valence-corrected chi connectivity index (χ1v) is 5.78. The zero-order valence-corrected chi connectivity index (χ0v) is 10.2. The number of aromatic nitrogens is 4. The van der Waals surface area contributed by atoms with Crippen LogP contribution in [-0.2, 0) is 13.0 Å². The molecule has 5 nitrogen and oxygen atoms in total. The van der Waals surface area contributed by atoms with Crippen molar-refractivity contribution >= 4 is 0 Å². The van der Waals surface area contributed by atoms with Gasteiger partial charge in [0.25, 0.3) is 0 Å². The van der Waals surface area contributed by atoms with Crippen LogP contribution in [0.25, 0.3) is 0 Å². The van der Waals surface area contributed by atoms with Crippen molar-refractivity contribution in [3.8, 4) is 0 Å². The molecule has 90 valence electrons. The maximum atomic E-state index is 4.04. The molecule has 1 N–H and O–H groups in total. The Morgan fingerprint density at radius 2 is 2.06 bits per heavy atom. The Morgan fingerprint density at radius 1 is 1.29 bits per heavy atom. The van der Waals surface area contributed by atoms with Crippen LogP contribution < -0.4 is 5.32 Å². The van der Waals surface area contributed by atoms with E-state index in [1.165, 1.54) is 5.56 Å². The molecule has 0 radical (unpaired) electrons. The summed E-state index contributed by atoms with van der Waals surface area (Å²) >= 11 is 0. The van der Waals surface area contributed by atoms with Crippen LogP contribution in [0, 0.1) is 0 Å². The minimum Gasteiger partial charge on any atom is -0.311 e. The van der Waals surface area contributed by atoms with E-state index in [9.17, 15) is 0 Å². The quantitative estimate of drug-likeness (QED) is 0.840. The summed E-state index contributed by atoms with van der Waals surface area (Å²) in [6.45, 7) is 2.85. The number of hydrogen-bond donors (Lipinski definition) is 1. The van der Waals surface area contributed by atoms with Crippen molar-refractivity contribution in [3.05, 3.63) is 41.7 Å². The highest BCUT2D eigenvalue weighted by Gasteiger charge is 2.11. The van der Waals surface area contributed by atoms with E-state index in [-0.39, 0.29) is 6.04 Å². The van der Waals surface area contributed by atoms with Crippen LogP contribution in [0.4, 0.5) is 0 Å². The van der Waals surface area contributed by atoms with Crippen LogP contribution in [0.3, 0.4) is 0 Å². The number of nitrogens with one attached hydrogen (secondary N) is 1. The molecule has 0 aliphatic rings. The Morgan fingerprint density at radius 3 is 2.76 bits per heavy atom. The summed E-state index contributed by atoms with van der Waals surface area (Å²) in [4.78, 5) is 0. The normalized spacial score (nSPS) is 12.6. The smallest absolute Gasteiger partial charge is 0.167 e. The number of benzene rings is 1. The highest BCUT2D eigenvalue weighted by Crippen LogP contribution is 2.08. The van der Waals surface area contributed by atoms with Crippen LogP contribution in [0.15, 0.2) is 30.3 Å².